The standard InChI is InChI=1S/C14H23ClN2OS.ClH/c1-9(2)7-14(4,8-16)17-13(18)10(3)11-5-6-12(15)19-11;/h5-6,9-10H,7-8,16H2,1-4H3,(H,17,18);1H. The SMILES string of the molecule is CC(C)CC(C)(CN)NC(=O)C(C)c1ccc(Cl)s1.Cl. The van der Waals surface area contributed by atoms with E-state index in [2.05, 4.69) is 19.2 Å². The van der Waals surface area contributed by atoms with Gasteiger partial charge in [-0.2, -0.15) is 0 Å². The number of nitrogens with one attached hydrogen (secondary N) is 1. The summed E-state index contributed by atoms with van der Waals surface area (Å²) in [6, 6.07) is 3.72. The van der Waals surface area contributed by atoms with Crippen molar-refractivity contribution < 1.29 is 4.79 Å². The summed E-state index contributed by atoms with van der Waals surface area (Å²) >= 11 is 7.35. The number of amides is 1. The normalized spacial score (nSPS) is 15.3. The summed E-state index contributed by atoms with van der Waals surface area (Å²) in [4.78, 5) is 13.3. The van der Waals surface area contributed by atoms with Crippen LogP contribution in [0.25, 0.3) is 0 Å². The van der Waals surface area contributed by atoms with Gasteiger partial charge in [0.1, 0.15) is 0 Å². The fourth-order valence-corrected chi connectivity index (χ4v) is 3.29. The molecule has 0 fully saturated rings. The fraction of sp³-hybridized carbons (Fsp3) is 0.643. The molecule has 2 unspecified atom stereocenters. The van der Waals surface area contributed by atoms with Crippen LogP contribution in [-0.2, 0) is 4.79 Å². The van der Waals surface area contributed by atoms with Gasteiger partial charge in [0.05, 0.1) is 10.3 Å². The minimum absolute atomic E-state index is 0. The van der Waals surface area contributed by atoms with Gasteiger partial charge in [-0.15, -0.1) is 23.7 Å². The number of thiophene rings is 1. The van der Waals surface area contributed by atoms with E-state index in [9.17, 15) is 4.79 Å². The zero-order valence-corrected chi connectivity index (χ0v) is 14.8. The minimum atomic E-state index is -0.347. The molecule has 0 aliphatic carbocycles. The Morgan fingerprint density at radius 3 is 2.45 bits per heavy atom. The lowest BCUT2D eigenvalue weighted by molar-refractivity contribution is -0.124. The lowest BCUT2D eigenvalue weighted by Gasteiger charge is -2.32. The molecule has 0 saturated carbocycles. The molecule has 1 rings (SSSR count). The Balaban J connectivity index is 0.00000361. The van der Waals surface area contributed by atoms with Gasteiger partial charge in [0.15, 0.2) is 0 Å². The molecule has 6 heteroatoms. The van der Waals surface area contributed by atoms with E-state index in [4.69, 9.17) is 17.3 Å². The predicted octanol–water partition coefficient (Wildman–Crippen LogP) is 3.81. The zero-order valence-electron chi connectivity index (χ0n) is 12.4. The lowest BCUT2D eigenvalue weighted by Crippen LogP contribution is -2.53. The van der Waals surface area contributed by atoms with E-state index in [-0.39, 0.29) is 29.8 Å². The van der Waals surface area contributed by atoms with E-state index >= 15 is 0 Å². The molecular weight excluding hydrogens is 315 g/mol. The Morgan fingerprint density at radius 1 is 1.45 bits per heavy atom. The molecule has 0 radical (unpaired) electrons. The number of hydrogen-bond acceptors (Lipinski definition) is 3. The van der Waals surface area contributed by atoms with Gasteiger partial charge in [0.2, 0.25) is 5.91 Å². The van der Waals surface area contributed by atoms with E-state index in [0.717, 1.165) is 11.3 Å². The molecule has 0 aliphatic heterocycles. The van der Waals surface area contributed by atoms with Crippen LogP contribution in [0.1, 0.15) is 44.9 Å². The maximum atomic E-state index is 12.3. The molecule has 0 aliphatic rings. The van der Waals surface area contributed by atoms with E-state index < -0.39 is 0 Å². The maximum absolute atomic E-state index is 12.3. The average molecular weight is 339 g/mol. The molecule has 1 aromatic heterocycles. The van der Waals surface area contributed by atoms with Crippen molar-refractivity contribution in [3.05, 3.63) is 21.3 Å². The summed E-state index contributed by atoms with van der Waals surface area (Å²) in [5.41, 5.74) is 5.47. The monoisotopic (exact) mass is 338 g/mol. The first-order valence-corrected chi connectivity index (χ1v) is 7.74. The molecule has 3 N–H and O–H groups in total. The van der Waals surface area contributed by atoms with Crippen LogP contribution in [-0.4, -0.2) is 18.0 Å². The molecule has 2 atom stereocenters. The average Bonchev–Trinajstić information content (AvgIpc) is 2.73. The predicted molar refractivity (Wildman–Crippen MR) is 90.0 cm³/mol. The van der Waals surface area contributed by atoms with Crippen molar-refractivity contribution in [1.29, 1.82) is 0 Å². The minimum Gasteiger partial charge on any atom is -0.349 e. The Morgan fingerprint density at radius 2 is 2.05 bits per heavy atom. The third kappa shape index (κ3) is 5.60. The highest BCUT2D eigenvalue weighted by atomic mass is 35.5. The number of rotatable bonds is 6. The van der Waals surface area contributed by atoms with Crippen LogP contribution in [0.2, 0.25) is 4.34 Å². The van der Waals surface area contributed by atoms with Crippen molar-refractivity contribution in [3.8, 4) is 0 Å². The lowest BCUT2D eigenvalue weighted by atomic mass is 9.90. The number of carbonyl (C=O) groups excluding carboxylic acids is 1. The van der Waals surface area contributed by atoms with Crippen molar-refractivity contribution in [3.63, 3.8) is 0 Å². The number of carbonyl (C=O) groups is 1. The van der Waals surface area contributed by atoms with E-state index in [1.165, 1.54) is 11.3 Å². The molecule has 20 heavy (non-hydrogen) atoms. The van der Waals surface area contributed by atoms with Gasteiger partial charge in [-0.25, -0.2) is 0 Å². The second-order valence-electron chi connectivity index (χ2n) is 5.72. The number of hydrogen-bond donors (Lipinski definition) is 2. The number of halogens is 2. The van der Waals surface area contributed by atoms with Crippen LogP contribution < -0.4 is 11.1 Å². The zero-order chi connectivity index (χ0) is 14.6. The molecular formula is C14H24Cl2N2OS. The van der Waals surface area contributed by atoms with Crippen molar-refractivity contribution in [2.75, 3.05) is 6.54 Å². The van der Waals surface area contributed by atoms with Gasteiger partial charge in [-0.05, 0) is 38.3 Å². The van der Waals surface area contributed by atoms with Crippen LogP contribution in [0.4, 0.5) is 0 Å². The largest absolute Gasteiger partial charge is 0.349 e. The molecule has 0 aromatic carbocycles. The summed E-state index contributed by atoms with van der Waals surface area (Å²) < 4.78 is 0.707. The van der Waals surface area contributed by atoms with Crippen LogP contribution in [0, 0.1) is 5.92 Å². The van der Waals surface area contributed by atoms with Crippen LogP contribution in [0.15, 0.2) is 12.1 Å². The molecule has 0 spiro atoms. The van der Waals surface area contributed by atoms with Crippen molar-refractivity contribution in [2.24, 2.45) is 11.7 Å². The Hall–Kier alpha value is -0.290. The molecule has 1 aromatic rings. The molecule has 0 saturated heterocycles. The van der Waals surface area contributed by atoms with Gasteiger partial charge in [0.25, 0.3) is 0 Å². The summed E-state index contributed by atoms with van der Waals surface area (Å²) in [5, 5.41) is 3.08. The highest BCUT2D eigenvalue weighted by Crippen LogP contribution is 2.28. The van der Waals surface area contributed by atoms with E-state index in [1.54, 1.807) is 0 Å². The second kappa shape index (κ2) is 8.23. The Kier molecular flexibility index (Phi) is 8.11. The molecule has 0 bridgehead atoms. The highest BCUT2D eigenvalue weighted by molar-refractivity contribution is 7.16. The third-order valence-corrected chi connectivity index (χ3v) is 4.56. The summed E-state index contributed by atoms with van der Waals surface area (Å²) in [5.74, 6) is 0.294. The topological polar surface area (TPSA) is 55.1 Å². The molecule has 1 amide bonds. The maximum Gasteiger partial charge on any atom is 0.228 e. The van der Waals surface area contributed by atoms with Gasteiger partial charge >= 0.3 is 0 Å². The summed E-state index contributed by atoms with van der Waals surface area (Å²) in [6.07, 6.45) is 0.868. The fourth-order valence-electron chi connectivity index (χ4n) is 2.18. The number of nitrogens with two attached hydrogens (primary N) is 1. The van der Waals surface area contributed by atoms with Crippen molar-refractivity contribution in [1.82, 2.24) is 5.32 Å². The Labute approximate surface area is 136 Å². The van der Waals surface area contributed by atoms with Gasteiger partial charge in [-0.1, -0.05) is 25.4 Å². The van der Waals surface area contributed by atoms with Crippen LogP contribution >= 0.6 is 35.3 Å². The van der Waals surface area contributed by atoms with Crippen LogP contribution in [0.5, 0.6) is 0 Å². The molecule has 116 valence electrons. The summed E-state index contributed by atoms with van der Waals surface area (Å²) in [7, 11) is 0. The van der Waals surface area contributed by atoms with Crippen molar-refractivity contribution in [2.45, 2.75) is 45.6 Å². The second-order valence-corrected chi connectivity index (χ2v) is 7.46. The van der Waals surface area contributed by atoms with Gasteiger partial charge < -0.3 is 11.1 Å². The first-order valence-electron chi connectivity index (χ1n) is 6.55. The van der Waals surface area contributed by atoms with E-state index in [0.29, 0.717) is 16.8 Å². The molecule has 3 nitrogen and oxygen atoms in total. The Bertz CT molecular complexity index is 437. The first kappa shape index (κ1) is 19.7. The smallest absolute Gasteiger partial charge is 0.228 e. The summed E-state index contributed by atoms with van der Waals surface area (Å²) in [6.45, 7) is 8.59. The van der Waals surface area contributed by atoms with Crippen LogP contribution in [0.3, 0.4) is 0 Å². The quantitative estimate of drug-likeness (QED) is 0.828. The van der Waals surface area contributed by atoms with Gasteiger partial charge in [-0.3, -0.25) is 4.79 Å². The highest BCUT2D eigenvalue weighted by Gasteiger charge is 2.28. The van der Waals surface area contributed by atoms with E-state index in [1.807, 2.05) is 26.0 Å². The first-order chi connectivity index (χ1) is 8.77. The van der Waals surface area contributed by atoms with Crippen molar-refractivity contribution >= 4 is 41.3 Å². The molecule has 1 heterocycles. The van der Waals surface area contributed by atoms with Gasteiger partial charge in [0, 0.05) is 17.0 Å². The third-order valence-electron chi connectivity index (χ3n) is 3.15.